The molecule has 0 saturated heterocycles. The van der Waals surface area contributed by atoms with E-state index in [2.05, 4.69) is 25.9 Å². The number of hydrogen-bond acceptors (Lipinski definition) is 4. The molecular formula is C10H15BrClN3O. The molecule has 0 aliphatic rings. The highest BCUT2D eigenvalue weighted by Crippen LogP contribution is 2.22. The molecule has 0 spiro atoms. The molecule has 1 rings (SSSR count). The molecule has 0 bridgehead atoms. The molecule has 16 heavy (non-hydrogen) atoms. The number of nitrogens with zero attached hydrogens (tertiary/aromatic N) is 3. The summed E-state index contributed by atoms with van der Waals surface area (Å²) in [5.74, 6) is 0.771. The fourth-order valence-electron chi connectivity index (χ4n) is 1.14. The zero-order chi connectivity index (χ0) is 12.1. The highest BCUT2D eigenvalue weighted by molar-refractivity contribution is 9.10. The van der Waals surface area contributed by atoms with Crippen molar-refractivity contribution in [3.8, 4) is 0 Å². The van der Waals surface area contributed by atoms with E-state index in [0.29, 0.717) is 6.61 Å². The largest absolute Gasteiger partial charge is 0.377 e. The van der Waals surface area contributed by atoms with Crippen molar-refractivity contribution in [2.24, 2.45) is 0 Å². The molecular weight excluding hydrogens is 293 g/mol. The highest BCUT2D eigenvalue weighted by Gasteiger charge is 2.09. The van der Waals surface area contributed by atoms with E-state index < -0.39 is 0 Å². The molecule has 0 aliphatic heterocycles. The van der Waals surface area contributed by atoms with Crippen LogP contribution in [0.1, 0.15) is 13.8 Å². The van der Waals surface area contributed by atoms with Crippen LogP contribution in [-0.2, 0) is 4.74 Å². The molecule has 0 aromatic carbocycles. The van der Waals surface area contributed by atoms with Gasteiger partial charge in [0.2, 0.25) is 5.28 Å². The van der Waals surface area contributed by atoms with Crippen LogP contribution < -0.4 is 4.90 Å². The second-order valence-corrected chi connectivity index (χ2v) is 4.84. The fourth-order valence-corrected chi connectivity index (χ4v) is 1.76. The van der Waals surface area contributed by atoms with E-state index in [1.165, 1.54) is 0 Å². The van der Waals surface area contributed by atoms with E-state index in [1.54, 1.807) is 6.20 Å². The molecule has 1 heterocycles. The van der Waals surface area contributed by atoms with Crippen LogP contribution in [0.5, 0.6) is 0 Å². The number of rotatable bonds is 5. The van der Waals surface area contributed by atoms with Crippen LogP contribution in [0.4, 0.5) is 5.82 Å². The van der Waals surface area contributed by atoms with E-state index in [0.717, 1.165) is 16.8 Å². The third kappa shape index (κ3) is 4.23. The lowest BCUT2D eigenvalue weighted by atomic mass is 10.4. The minimum absolute atomic E-state index is 0.242. The number of anilines is 1. The molecule has 0 unspecified atom stereocenters. The predicted molar refractivity (Wildman–Crippen MR) is 69.1 cm³/mol. The molecule has 90 valence electrons. The first kappa shape index (κ1) is 13.7. The zero-order valence-corrected chi connectivity index (χ0v) is 11.9. The number of aromatic nitrogens is 2. The first-order valence-corrected chi connectivity index (χ1v) is 6.18. The highest BCUT2D eigenvalue weighted by atomic mass is 79.9. The Morgan fingerprint density at radius 2 is 2.25 bits per heavy atom. The van der Waals surface area contributed by atoms with Crippen molar-refractivity contribution < 1.29 is 4.74 Å². The first-order valence-electron chi connectivity index (χ1n) is 5.01. The lowest BCUT2D eigenvalue weighted by Crippen LogP contribution is -2.25. The number of hydrogen-bond donors (Lipinski definition) is 0. The van der Waals surface area contributed by atoms with Crippen LogP contribution in [-0.4, -0.2) is 36.3 Å². The van der Waals surface area contributed by atoms with Gasteiger partial charge in [-0.2, -0.15) is 4.98 Å². The van der Waals surface area contributed by atoms with Gasteiger partial charge in [-0.25, -0.2) is 4.98 Å². The van der Waals surface area contributed by atoms with Crippen molar-refractivity contribution in [2.45, 2.75) is 20.0 Å². The van der Waals surface area contributed by atoms with Crippen LogP contribution >= 0.6 is 27.5 Å². The summed E-state index contributed by atoms with van der Waals surface area (Å²) in [6, 6.07) is 0. The predicted octanol–water partition coefficient (Wildman–Crippen LogP) is 2.75. The van der Waals surface area contributed by atoms with Gasteiger partial charge in [0.25, 0.3) is 0 Å². The smallest absolute Gasteiger partial charge is 0.224 e. The van der Waals surface area contributed by atoms with Crippen molar-refractivity contribution in [3.05, 3.63) is 16.0 Å². The molecule has 0 saturated carbocycles. The van der Waals surface area contributed by atoms with Gasteiger partial charge in [-0.15, -0.1) is 0 Å². The van der Waals surface area contributed by atoms with Gasteiger partial charge < -0.3 is 9.64 Å². The van der Waals surface area contributed by atoms with Gasteiger partial charge in [-0.3, -0.25) is 0 Å². The third-order valence-electron chi connectivity index (χ3n) is 1.94. The maximum atomic E-state index is 5.74. The Kier molecular flexibility index (Phi) is 5.44. The summed E-state index contributed by atoms with van der Waals surface area (Å²) in [7, 11) is 1.94. The second-order valence-electron chi connectivity index (χ2n) is 3.65. The number of likely N-dealkylation sites (N-methyl/N-ethyl adjacent to an activating group) is 1. The van der Waals surface area contributed by atoms with E-state index in [4.69, 9.17) is 16.3 Å². The number of halogens is 2. The van der Waals surface area contributed by atoms with E-state index in [-0.39, 0.29) is 11.4 Å². The Bertz CT molecular complexity index is 349. The zero-order valence-electron chi connectivity index (χ0n) is 9.57. The van der Waals surface area contributed by atoms with Gasteiger partial charge >= 0.3 is 0 Å². The van der Waals surface area contributed by atoms with Gasteiger partial charge in [0, 0.05) is 19.8 Å². The minimum atomic E-state index is 0.242. The van der Waals surface area contributed by atoms with Crippen molar-refractivity contribution in [3.63, 3.8) is 0 Å². The van der Waals surface area contributed by atoms with Crippen molar-refractivity contribution >= 4 is 33.3 Å². The van der Waals surface area contributed by atoms with Gasteiger partial charge in [0.1, 0.15) is 5.82 Å². The summed E-state index contributed by atoms with van der Waals surface area (Å²) in [6.45, 7) is 5.43. The minimum Gasteiger partial charge on any atom is -0.377 e. The fraction of sp³-hybridized carbons (Fsp3) is 0.600. The lowest BCUT2D eigenvalue weighted by Gasteiger charge is -2.19. The topological polar surface area (TPSA) is 38.2 Å². The average molecular weight is 309 g/mol. The lowest BCUT2D eigenvalue weighted by molar-refractivity contribution is 0.0845. The third-order valence-corrected chi connectivity index (χ3v) is 2.68. The van der Waals surface area contributed by atoms with Crippen LogP contribution in [0, 0.1) is 0 Å². The Morgan fingerprint density at radius 3 is 2.88 bits per heavy atom. The SMILES string of the molecule is CC(C)OCCN(C)c1nc(Cl)ncc1Br. The molecule has 1 aromatic rings. The monoisotopic (exact) mass is 307 g/mol. The molecule has 0 aliphatic carbocycles. The van der Waals surface area contributed by atoms with E-state index in [1.807, 2.05) is 25.8 Å². The molecule has 0 amide bonds. The standard InChI is InChI=1S/C10H15BrClN3O/c1-7(2)16-5-4-15(3)9-8(11)6-13-10(12)14-9/h6-7H,4-5H2,1-3H3. The Labute approximate surface area is 109 Å². The summed E-state index contributed by atoms with van der Waals surface area (Å²) in [6.07, 6.45) is 1.88. The number of ether oxygens (including phenoxy) is 1. The summed E-state index contributed by atoms with van der Waals surface area (Å²) >= 11 is 9.13. The van der Waals surface area contributed by atoms with Gasteiger partial charge in [-0.05, 0) is 41.4 Å². The molecule has 0 radical (unpaired) electrons. The molecule has 4 nitrogen and oxygen atoms in total. The molecule has 0 N–H and O–H groups in total. The Balaban J connectivity index is 2.58. The molecule has 0 atom stereocenters. The van der Waals surface area contributed by atoms with Crippen LogP contribution in [0.2, 0.25) is 5.28 Å². The molecule has 0 fully saturated rings. The Morgan fingerprint density at radius 1 is 1.56 bits per heavy atom. The molecule has 6 heteroatoms. The van der Waals surface area contributed by atoms with Crippen LogP contribution in [0.25, 0.3) is 0 Å². The van der Waals surface area contributed by atoms with E-state index in [9.17, 15) is 0 Å². The summed E-state index contributed by atoms with van der Waals surface area (Å²) in [4.78, 5) is 10.0. The maximum Gasteiger partial charge on any atom is 0.224 e. The Hall–Kier alpha value is -0.390. The van der Waals surface area contributed by atoms with Crippen molar-refractivity contribution in [1.82, 2.24) is 9.97 Å². The van der Waals surface area contributed by atoms with Gasteiger partial charge in [-0.1, -0.05) is 0 Å². The van der Waals surface area contributed by atoms with E-state index >= 15 is 0 Å². The summed E-state index contributed by atoms with van der Waals surface area (Å²) < 4.78 is 6.29. The average Bonchev–Trinajstić information content (AvgIpc) is 2.21. The summed E-state index contributed by atoms with van der Waals surface area (Å²) in [5, 5.41) is 0.245. The van der Waals surface area contributed by atoms with Crippen LogP contribution in [0.3, 0.4) is 0 Å². The quantitative estimate of drug-likeness (QED) is 0.784. The first-order chi connectivity index (χ1) is 7.50. The normalized spacial score (nSPS) is 10.9. The molecule has 1 aromatic heterocycles. The van der Waals surface area contributed by atoms with Crippen LogP contribution in [0.15, 0.2) is 10.7 Å². The second kappa shape index (κ2) is 6.37. The van der Waals surface area contributed by atoms with Crippen molar-refractivity contribution in [2.75, 3.05) is 25.1 Å². The maximum absolute atomic E-state index is 5.74. The van der Waals surface area contributed by atoms with Gasteiger partial charge in [0.15, 0.2) is 0 Å². The van der Waals surface area contributed by atoms with Gasteiger partial charge in [0.05, 0.1) is 17.2 Å². The van der Waals surface area contributed by atoms with Crippen molar-refractivity contribution in [1.29, 1.82) is 0 Å². The summed E-state index contributed by atoms with van der Waals surface area (Å²) in [5.41, 5.74) is 0.